The van der Waals surface area contributed by atoms with Crippen molar-refractivity contribution in [2.45, 2.75) is 33.7 Å². The fraction of sp³-hybridized carbons (Fsp3) is 0.333. The third-order valence-electron chi connectivity index (χ3n) is 3.91. The number of hydrogen-bond acceptors (Lipinski definition) is 5. The lowest BCUT2D eigenvalue weighted by Gasteiger charge is -2.08. The molecule has 130 valence electrons. The van der Waals surface area contributed by atoms with Gasteiger partial charge in [-0.1, -0.05) is 19.1 Å². The molecule has 0 unspecified atom stereocenters. The van der Waals surface area contributed by atoms with Crippen LogP contribution < -0.4 is 10.1 Å². The molecular formula is C18H21N5O2. The fourth-order valence-corrected chi connectivity index (χ4v) is 2.61. The first-order valence-corrected chi connectivity index (χ1v) is 8.23. The second-order valence-corrected chi connectivity index (χ2v) is 5.85. The van der Waals surface area contributed by atoms with Gasteiger partial charge < -0.3 is 10.1 Å². The molecule has 0 saturated heterocycles. The van der Waals surface area contributed by atoms with E-state index in [1.165, 1.54) is 5.56 Å². The minimum Gasteiger partial charge on any atom is -0.484 e. The molecule has 0 bridgehead atoms. The second-order valence-electron chi connectivity index (χ2n) is 5.85. The molecule has 7 nitrogen and oxygen atoms in total. The van der Waals surface area contributed by atoms with Crippen LogP contribution in [-0.2, 0) is 17.8 Å². The summed E-state index contributed by atoms with van der Waals surface area (Å²) in [6, 6.07) is 9.68. The molecular weight excluding hydrogens is 318 g/mol. The Kier molecular flexibility index (Phi) is 4.92. The molecule has 3 aromatic rings. The van der Waals surface area contributed by atoms with Gasteiger partial charge in [-0.3, -0.25) is 9.20 Å². The van der Waals surface area contributed by atoms with E-state index in [0.717, 1.165) is 17.8 Å². The maximum Gasteiger partial charge on any atom is 0.258 e. The lowest BCUT2D eigenvalue weighted by molar-refractivity contribution is -0.123. The number of rotatable bonds is 6. The highest BCUT2D eigenvalue weighted by atomic mass is 16.5. The first-order chi connectivity index (χ1) is 12.1. The van der Waals surface area contributed by atoms with Crippen molar-refractivity contribution < 1.29 is 9.53 Å². The van der Waals surface area contributed by atoms with Crippen molar-refractivity contribution in [3.05, 3.63) is 53.1 Å². The van der Waals surface area contributed by atoms with Gasteiger partial charge in [-0.2, -0.15) is 0 Å². The van der Waals surface area contributed by atoms with Crippen LogP contribution in [0.1, 0.15) is 29.7 Å². The maximum atomic E-state index is 12.0. The average Bonchev–Trinajstić information content (AvgIpc) is 3.01. The summed E-state index contributed by atoms with van der Waals surface area (Å²) >= 11 is 0. The first kappa shape index (κ1) is 16.9. The zero-order valence-electron chi connectivity index (χ0n) is 14.6. The van der Waals surface area contributed by atoms with E-state index in [4.69, 9.17) is 4.74 Å². The number of nitrogens with one attached hydrogen (secondary N) is 1. The predicted octanol–water partition coefficient (Wildman–Crippen LogP) is 2.00. The van der Waals surface area contributed by atoms with E-state index in [1.54, 1.807) is 0 Å². The number of ether oxygens (including phenoxy) is 1. The number of carbonyl (C=O) groups is 1. The highest BCUT2D eigenvalue weighted by Gasteiger charge is 2.11. The van der Waals surface area contributed by atoms with Gasteiger partial charge in [0.2, 0.25) is 0 Å². The molecule has 25 heavy (non-hydrogen) atoms. The predicted molar refractivity (Wildman–Crippen MR) is 93.4 cm³/mol. The molecule has 0 saturated carbocycles. The van der Waals surface area contributed by atoms with Gasteiger partial charge in [0.05, 0.1) is 6.54 Å². The summed E-state index contributed by atoms with van der Waals surface area (Å²) in [5, 5.41) is 10.9. The topological polar surface area (TPSA) is 81.4 Å². The summed E-state index contributed by atoms with van der Waals surface area (Å²) in [5.74, 6) is 1.64. The van der Waals surface area contributed by atoms with Gasteiger partial charge in [-0.25, -0.2) is 4.98 Å². The lowest BCUT2D eigenvalue weighted by atomic mass is 10.2. The van der Waals surface area contributed by atoms with E-state index >= 15 is 0 Å². The van der Waals surface area contributed by atoms with E-state index in [1.807, 2.05) is 48.6 Å². The third-order valence-corrected chi connectivity index (χ3v) is 3.91. The Morgan fingerprint density at radius 3 is 2.68 bits per heavy atom. The Balaban J connectivity index is 1.57. The van der Waals surface area contributed by atoms with Crippen molar-refractivity contribution in [3.63, 3.8) is 0 Å². The van der Waals surface area contributed by atoms with Gasteiger partial charge in [-0.15, -0.1) is 10.2 Å². The SMILES string of the molecule is CCc1ccc(OCC(=O)NCc2nnc3nc(C)cc(C)n23)cc1. The molecule has 1 amide bonds. The number of nitrogens with zero attached hydrogens (tertiary/aromatic N) is 4. The summed E-state index contributed by atoms with van der Waals surface area (Å²) in [6.45, 7) is 6.19. The van der Waals surface area contributed by atoms with Gasteiger partial charge in [0, 0.05) is 11.4 Å². The summed E-state index contributed by atoms with van der Waals surface area (Å²) < 4.78 is 7.33. The zero-order valence-corrected chi connectivity index (χ0v) is 14.6. The number of carbonyl (C=O) groups excluding carboxylic acids is 1. The monoisotopic (exact) mass is 339 g/mol. The van der Waals surface area contributed by atoms with Crippen molar-refractivity contribution in [2.24, 2.45) is 0 Å². The van der Waals surface area contributed by atoms with Gasteiger partial charge in [0.1, 0.15) is 5.75 Å². The molecule has 0 aliphatic carbocycles. The van der Waals surface area contributed by atoms with Gasteiger partial charge >= 0.3 is 0 Å². The Morgan fingerprint density at radius 2 is 1.96 bits per heavy atom. The van der Waals surface area contributed by atoms with Gasteiger partial charge in [0.15, 0.2) is 12.4 Å². The quantitative estimate of drug-likeness (QED) is 0.743. The van der Waals surface area contributed by atoms with Crippen LogP contribution in [0.15, 0.2) is 30.3 Å². The summed E-state index contributed by atoms with van der Waals surface area (Å²) in [6.07, 6.45) is 0.973. The van der Waals surface area contributed by atoms with Crippen molar-refractivity contribution in [2.75, 3.05) is 6.61 Å². The minimum absolute atomic E-state index is 0.0431. The van der Waals surface area contributed by atoms with Crippen molar-refractivity contribution in [3.8, 4) is 5.75 Å². The number of hydrogen-bond donors (Lipinski definition) is 1. The molecule has 0 radical (unpaired) electrons. The van der Waals surface area contributed by atoms with Crippen LogP contribution in [0.4, 0.5) is 0 Å². The fourth-order valence-electron chi connectivity index (χ4n) is 2.61. The Bertz CT molecular complexity index is 886. The molecule has 1 aromatic carbocycles. The molecule has 2 heterocycles. The van der Waals surface area contributed by atoms with Crippen molar-refractivity contribution >= 4 is 11.7 Å². The van der Waals surface area contributed by atoms with E-state index in [2.05, 4.69) is 27.4 Å². The highest BCUT2D eigenvalue weighted by Crippen LogP contribution is 2.12. The highest BCUT2D eigenvalue weighted by molar-refractivity contribution is 5.77. The standard InChI is InChI=1S/C18H21N5O2/c1-4-14-5-7-15(8-6-14)25-11-17(24)19-10-16-21-22-18-20-12(2)9-13(3)23(16)18/h5-9H,4,10-11H2,1-3H3,(H,19,24). The summed E-state index contributed by atoms with van der Waals surface area (Å²) in [7, 11) is 0. The molecule has 0 aliphatic rings. The molecule has 0 atom stereocenters. The number of amides is 1. The lowest BCUT2D eigenvalue weighted by Crippen LogP contribution is -2.29. The van der Waals surface area contributed by atoms with Crippen LogP contribution in [0.5, 0.6) is 5.75 Å². The molecule has 7 heteroatoms. The largest absolute Gasteiger partial charge is 0.484 e. The molecule has 0 fully saturated rings. The molecule has 0 aliphatic heterocycles. The number of aromatic nitrogens is 4. The molecule has 1 N–H and O–H groups in total. The third kappa shape index (κ3) is 3.93. The Labute approximate surface area is 146 Å². The van der Waals surface area contributed by atoms with Gasteiger partial charge in [-0.05, 0) is 44.0 Å². The molecule has 3 rings (SSSR count). The average molecular weight is 339 g/mol. The van der Waals surface area contributed by atoms with Crippen LogP contribution in [0.3, 0.4) is 0 Å². The van der Waals surface area contributed by atoms with Crippen LogP contribution >= 0.6 is 0 Å². The smallest absolute Gasteiger partial charge is 0.258 e. The Hall–Kier alpha value is -2.96. The van der Waals surface area contributed by atoms with Crippen LogP contribution in [0.25, 0.3) is 5.78 Å². The van der Waals surface area contributed by atoms with Crippen LogP contribution in [0.2, 0.25) is 0 Å². The number of benzene rings is 1. The van der Waals surface area contributed by atoms with Gasteiger partial charge in [0.25, 0.3) is 11.7 Å². The zero-order chi connectivity index (χ0) is 17.8. The first-order valence-electron chi connectivity index (χ1n) is 8.23. The van der Waals surface area contributed by atoms with E-state index in [9.17, 15) is 4.79 Å². The van der Waals surface area contributed by atoms with E-state index < -0.39 is 0 Å². The summed E-state index contributed by atoms with van der Waals surface area (Å²) in [5.41, 5.74) is 3.09. The maximum absolute atomic E-state index is 12.0. The number of fused-ring (bicyclic) bond motifs is 1. The van der Waals surface area contributed by atoms with E-state index in [0.29, 0.717) is 17.4 Å². The second kappa shape index (κ2) is 7.29. The summed E-state index contributed by atoms with van der Waals surface area (Å²) in [4.78, 5) is 16.3. The van der Waals surface area contributed by atoms with Crippen LogP contribution in [0, 0.1) is 13.8 Å². The van der Waals surface area contributed by atoms with E-state index in [-0.39, 0.29) is 19.1 Å². The molecule has 2 aromatic heterocycles. The molecule has 0 spiro atoms. The number of aryl methyl sites for hydroxylation is 3. The van der Waals surface area contributed by atoms with Crippen LogP contribution in [-0.4, -0.2) is 32.1 Å². The normalized spacial score (nSPS) is 10.8. The van der Waals surface area contributed by atoms with Crippen molar-refractivity contribution in [1.82, 2.24) is 24.9 Å². The minimum atomic E-state index is -0.214. The van der Waals surface area contributed by atoms with Crippen molar-refractivity contribution in [1.29, 1.82) is 0 Å². The Morgan fingerprint density at radius 1 is 1.20 bits per heavy atom.